The van der Waals surface area contributed by atoms with Crippen molar-refractivity contribution in [2.45, 2.75) is 6.04 Å². The summed E-state index contributed by atoms with van der Waals surface area (Å²) in [7, 11) is 0. The molecule has 1 amide bonds. The van der Waals surface area contributed by atoms with E-state index in [4.69, 9.17) is 0 Å². The minimum atomic E-state index is -0.116. The molecule has 0 atom stereocenters. The maximum absolute atomic E-state index is 12.1. The van der Waals surface area contributed by atoms with Crippen molar-refractivity contribution in [3.05, 3.63) is 67.4 Å². The third kappa shape index (κ3) is 3.66. The molecule has 0 saturated carbocycles. The summed E-state index contributed by atoms with van der Waals surface area (Å²) in [4.78, 5) is 18.5. The lowest BCUT2D eigenvalue weighted by Crippen LogP contribution is -2.26. The molecular formula is C15H12N2OS3. The van der Waals surface area contributed by atoms with Gasteiger partial charge in [0.1, 0.15) is 0 Å². The standard InChI is InChI=1S/C15H12N2OS3/c18-14(6-5-11-9-19-10-16-11)17-15(12-3-1-7-20-12)13-4-2-8-21-13/h1-10,15H,(H,17,18). The Morgan fingerprint density at radius 2 is 1.90 bits per heavy atom. The molecule has 0 fully saturated rings. The number of nitrogens with zero attached hydrogens (tertiary/aromatic N) is 1. The first-order valence-corrected chi connectivity index (χ1v) is 8.97. The Bertz CT molecular complexity index is 666. The normalized spacial score (nSPS) is 11.3. The number of hydrogen-bond donors (Lipinski definition) is 1. The minimum Gasteiger partial charge on any atom is -0.340 e. The van der Waals surface area contributed by atoms with Crippen LogP contribution in [0.3, 0.4) is 0 Å². The van der Waals surface area contributed by atoms with Crippen molar-refractivity contribution in [3.63, 3.8) is 0 Å². The van der Waals surface area contributed by atoms with Gasteiger partial charge in [0.15, 0.2) is 0 Å². The van der Waals surface area contributed by atoms with Gasteiger partial charge in [-0.3, -0.25) is 4.79 Å². The minimum absolute atomic E-state index is 0.0856. The van der Waals surface area contributed by atoms with Gasteiger partial charge < -0.3 is 5.32 Å². The van der Waals surface area contributed by atoms with Crippen LogP contribution >= 0.6 is 34.0 Å². The number of thiazole rings is 1. The van der Waals surface area contributed by atoms with Crippen LogP contribution in [-0.2, 0) is 4.79 Å². The van der Waals surface area contributed by atoms with Crippen LogP contribution in [0.4, 0.5) is 0 Å². The molecule has 3 nitrogen and oxygen atoms in total. The Hall–Kier alpha value is -1.76. The quantitative estimate of drug-likeness (QED) is 0.712. The molecule has 3 heterocycles. The van der Waals surface area contributed by atoms with E-state index < -0.39 is 0 Å². The molecule has 3 aromatic rings. The van der Waals surface area contributed by atoms with Crippen LogP contribution in [0, 0.1) is 0 Å². The van der Waals surface area contributed by atoms with Gasteiger partial charge in [-0.25, -0.2) is 4.98 Å². The fraction of sp³-hybridized carbons (Fsp3) is 0.0667. The summed E-state index contributed by atoms with van der Waals surface area (Å²) in [5.41, 5.74) is 2.55. The van der Waals surface area contributed by atoms with Crippen LogP contribution in [0.15, 0.2) is 52.0 Å². The predicted molar refractivity (Wildman–Crippen MR) is 89.8 cm³/mol. The Balaban J connectivity index is 1.74. The molecular weight excluding hydrogens is 320 g/mol. The van der Waals surface area contributed by atoms with Crippen LogP contribution in [0.1, 0.15) is 21.5 Å². The number of carbonyl (C=O) groups excluding carboxylic acids is 1. The molecule has 1 N–H and O–H groups in total. The van der Waals surface area contributed by atoms with E-state index in [-0.39, 0.29) is 11.9 Å². The first-order valence-electron chi connectivity index (χ1n) is 6.26. The molecule has 3 rings (SSSR count). The fourth-order valence-electron chi connectivity index (χ4n) is 1.85. The second kappa shape index (κ2) is 6.80. The lowest BCUT2D eigenvalue weighted by atomic mass is 10.2. The van der Waals surface area contributed by atoms with Gasteiger partial charge in [-0.05, 0) is 29.0 Å². The Labute approximate surface area is 134 Å². The molecule has 6 heteroatoms. The molecule has 0 spiro atoms. The van der Waals surface area contributed by atoms with E-state index >= 15 is 0 Å². The highest BCUT2D eigenvalue weighted by Gasteiger charge is 2.17. The van der Waals surface area contributed by atoms with Gasteiger partial charge in [-0.1, -0.05) is 12.1 Å². The molecule has 0 aromatic carbocycles. The van der Waals surface area contributed by atoms with E-state index in [0.29, 0.717) is 0 Å². The number of amides is 1. The number of carbonyl (C=O) groups is 1. The highest BCUT2D eigenvalue weighted by molar-refractivity contribution is 7.11. The number of hydrogen-bond acceptors (Lipinski definition) is 5. The summed E-state index contributed by atoms with van der Waals surface area (Å²) < 4.78 is 0. The van der Waals surface area contributed by atoms with E-state index in [2.05, 4.69) is 10.3 Å². The van der Waals surface area contributed by atoms with Gasteiger partial charge in [0.2, 0.25) is 5.91 Å². The highest BCUT2D eigenvalue weighted by atomic mass is 32.1. The average molecular weight is 332 g/mol. The summed E-state index contributed by atoms with van der Waals surface area (Å²) in [5, 5.41) is 9.00. The monoisotopic (exact) mass is 332 g/mol. The van der Waals surface area contributed by atoms with Crippen LogP contribution in [0.5, 0.6) is 0 Å². The first kappa shape index (κ1) is 14.2. The van der Waals surface area contributed by atoms with Crippen molar-refractivity contribution < 1.29 is 4.79 Å². The number of thiophene rings is 2. The van der Waals surface area contributed by atoms with Gasteiger partial charge in [0.25, 0.3) is 0 Å². The zero-order valence-corrected chi connectivity index (χ0v) is 13.4. The summed E-state index contributed by atoms with van der Waals surface area (Å²) in [6.07, 6.45) is 3.26. The van der Waals surface area contributed by atoms with E-state index in [1.54, 1.807) is 34.3 Å². The smallest absolute Gasteiger partial charge is 0.244 e. The second-order valence-electron chi connectivity index (χ2n) is 4.22. The Kier molecular flexibility index (Phi) is 4.59. The maximum atomic E-state index is 12.1. The number of nitrogens with one attached hydrogen (secondary N) is 1. The van der Waals surface area contributed by atoms with Crippen molar-refractivity contribution in [1.82, 2.24) is 10.3 Å². The predicted octanol–water partition coefficient (Wildman–Crippen LogP) is 4.19. The van der Waals surface area contributed by atoms with Gasteiger partial charge >= 0.3 is 0 Å². The topological polar surface area (TPSA) is 42.0 Å². The van der Waals surface area contributed by atoms with Crippen LogP contribution in [0.2, 0.25) is 0 Å². The molecule has 0 bridgehead atoms. The molecule has 21 heavy (non-hydrogen) atoms. The average Bonchev–Trinajstić information content (AvgIpc) is 3.26. The van der Waals surface area contributed by atoms with Gasteiger partial charge in [0.05, 0.1) is 17.2 Å². The van der Waals surface area contributed by atoms with Crippen LogP contribution in [-0.4, -0.2) is 10.9 Å². The Morgan fingerprint density at radius 1 is 1.19 bits per heavy atom. The SMILES string of the molecule is O=C(C=Cc1cscn1)NC(c1cccs1)c1cccs1. The number of rotatable bonds is 5. The molecule has 3 aromatic heterocycles. The van der Waals surface area contributed by atoms with Gasteiger partial charge in [-0.2, -0.15) is 0 Å². The summed E-state index contributed by atoms with van der Waals surface area (Å²) in [6.45, 7) is 0. The number of aromatic nitrogens is 1. The summed E-state index contributed by atoms with van der Waals surface area (Å²) >= 11 is 4.80. The second-order valence-corrected chi connectivity index (χ2v) is 6.90. The van der Waals surface area contributed by atoms with Crippen LogP contribution in [0.25, 0.3) is 6.08 Å². The lowest BCUT2D eigenvalue weighted by Gasteiger charge is -2.14. The van der Waals surface area contributed by atoms with Crippen molar-refractivity contribution in [2.75, 3.05) is 0 Å². The zero-order chi connectivity index (χ0) is 14.5. The maximum Gasteiger partial charge on any atom is 0.244 e. The van der Waals surface area contributed by atoms with Gasteiger partial charge in [-0.15, -0.1) is 34.0 Å². The van der Waals surface area contributed by atoms with E-state index in [1.807, 2.05) is 40.4 Å². The fourth-order valence-corrected chi connectivity index (χ4v) is 4.03. The summed E-state index contributed by atoms with van der Waals surface area (Å²) in [6, 6.07) is 7.99. The van der Waals surface area contributed by atoms with E-state index in [0.717, 1.165) is 15.4 Å². The van der Waals surface area contributed by atoms with E-state index in [1.165, 1.54) is 17.4 Å². The van der Waals surface area contributed by atoms with E-state index in [9.17, 15) is 4.79 Å². The molecule has 0 aliphatic carbocycles. The molecule has 0 aliphatic heterocycles. The Morgan fingerprint density at radius 3 is 2.43 bits per heavy atom. The summed E-state index contributed by atoms with van der Waals surface area (Å²) in [5.74, 6) is -0.116. The molecule has 0 radical (unpaired) electrons. The third-order valence-electron chi connectivity index (χ3n) is 2.80. The van der Waals surface area contributed by atoms with Crippen molar-refractivity contribution in [3.8, 4) is 0 Å². The molecule has 106 valence electrons. The highest BCUT2D eigenvalue weighted by Crippen LogP contribution is 2.29. The van der Waals surface area contributed by atoms with Crippen molar-refractivity contribution in [2.24, 2.45) is 0 Å². The zero-order valence-electron chi connectivity index (χ0n) is 10.9. The first-order chi connectivity index (χ1) is 10.3. The van der Waals surface area contributed by atoms with Crippen molar-refractivity contribution >= 4 is 46.0 Å². The van der Waals surface area contributed by atoms with Crippen LogP contribution < -0.4 is 5.32 Å². The molecule has 0 aliphatic rings. The third-order valence-corrected chi connectivity index (χ3v) is 5.28. The largest absolute Gasteiger partial charge is 0.340 e. The van der Waals surface area contributed by atoms with Crippen molar-refractivity contribution in [1.29, 1.82) is 0 Å². The van der Waals surface area contributed by atoms with Gasteiger partial charge in [0, 0.05) is 21.2 Å². The molecule has 0 unspecified atom stereocenters. The molecule has 0 saturated heterocycles. The lowest BCUT2D eigenvalue weighted by molar-refractivity contribution is -0.116.